The van der Waals surface area contributed by atoms with Crippen LogP contribution in [0.25, 0.3) is 0 Å². The molecule has 4 aliphatic heterocycles. The van der Waals surface area contributed by atoms with Gasteiger partial charge in [0.1, 0.15) is 19.0 Å². The number of hydrogen-bond acceptors (Lipinski definition) is 11. The van der Waals surface area contributed by atoms with Crippen molar-refractivity contribution in [1.29, 1.82) is 0 Å². The summed E-state index contributed by atoms with van der Waals surface area (Å²) < 4.78 is 18.5. The third kappa shape index (κ3) is 10.3. The van der Waals surface area contributed by atoms with Gasteiger partial charge in [-0.15, -0.1) is 9.45 Å². The molecule has 0 spiro atoms. The highest BCUT2D eigenvalue weighted by atomic mass is 32.8. The third-order valence-corrected chi connectivity index (χ3v) is 17.0. The molecule has 1 unspecified atom stereocenters. The van der Waals surface area contributed by atoms with E-state index in [0.29, 0.717) is 75.8 Å². The first-order chi connectivity index (χ1) is 34.5. The number of para-hydroxylation sites is 2. The standard InChI is InChI=1S/C56H58N6O8S2/c1-32-18-42-44(57-28-40-23-37-12-8-10-14-46(37)61(40)54(42)66)26-49(32)69-30-35-20-36(22-39(21-35)60-53(65)33(2)19-48(63)34(3)59-52(64)16-17-56(4,5)72(7)71)31-70-51-27-45-43(25-50(51)68-6)55(67)62-41(29-58-45)24-38-13-9-11-15-47(38)62/h8-15,18,20-22,25-29,33-34,40-41H,16-17,19,23-24,30-31H2,1-7H3,(H,59,64)(H,60,65)/t33-,34+,40+,41+,72?/m1/s1. The van der Waals surface area contributed by atoms with E-state index in [1.54, 1.807) is 55.3 Å². The summed E-state index contributed by atoms with van der Waals surface area (Å²) >= 11 is 5.46. The molecule has 2 N–H and O–H groups in total. The molecule has 5 aromatic rings. The number of carbonyl (C=O) groups is 5. The van der Waals surface area contributed by atoms with Gasteiger partial charge in [-0.1, -0.05) is 68.4 Å². The number of amides is 4. The zero-order chi connectivity index (χ0) is 51.0. The van der Waals surface area contributed by atoms with Gasteiger partial charge >= 0.3 is 0 Å². The van der Waals surface area contributed by atoms with E-state index in [1.807, 2.05) is 98.8 Å². The van der Waals surface area contributed by atoms with Crippen molar-refractivity contribution in [3.05, 3.63) is 130 Å². The fourth-order valence-corrected chi connectivity index (χ4v) is 10.1. The predicted molar refractivity (Wildman–Crippen MR) is 286 cm³/mol. The molecule has 16 heteroatoms. The largest absolute Gasteiger partial charge is 0.493 e. The van der Waals surface area contributed by atoms with Crippen molar-refractivity contribution in [3.8, 4) is 17.2 Å². The Morgan fingerprint density at radius 1 is 0.778 bits per heavy atom. The number of nitrogens with zero attached hydrogens (tertiary/aromatic N) is 4. The minimum absolute atomic E-state index is 0.0232. The average Bonchev–Trinajstić information content (AvgIpc) is 3.85. The molecule has 14 nitrogen and oxygen atoms in total. The second kappa shape index (κ2) is 20.6. The maximum atomic E-state index is 14.1. The molecule has 5 aromatic carbocycles. The van der Waals surface area contributed by atoms with Crippen LogP contribution in [0.2, 0.25) is 0 Å². The van der Waals surface area contributed by atoms with Gasteiger partial charge in [-0.2, -0.15) is 0 Å². The number of ether oxygens (including phenoxy) is 3. The second-order valence-corrected chi connectivity index (χ2v) is 23.1. The number of hydrogen-bond donors (Lipinski definition) is 2. The molecule has 4 aliphatic rings. The summed E-state index contributed by atoms with van der Waals surface area (Å²) in [7, 11) is 1.22. The van der Waals surface area contributed by atoms with Crippen molar-refractivity contribution >= 4 is 90.9 Å². The van der Waals surface area contributed by atoms with Gasteiger partial charge in [0.05, 0.1) is 47.7 Å². The Morgan fingerprint density at radius 2 is 1.32 bits per heavy atom. The average molecular weight is 1010 g/mol. The van der Waals surface area contributed by atoms with Crippen LogP contribution in [0.5, 0.6) is 17.2 Å². The van der Waals surface area contributed by atoms with Crippen LogP contribution >= 0.6 is 0 Å². The fourth-order valence-electron chi connectivity index (χ4n) is 9.50. The minimum Gasteiger partial charge on any atom is -0.493 e. The zero-order valence-corrected chi connectivity index (χ0v) is 43.1. The number of methoxy groups -OCH3 is 1. The van der Waals surface area contributed by atoms with Gasteiger partial charge in [-0.25, -0.2) is 0 Å². The number of aryl methyl sites for hydroxylation is 1. The fraction of sp³-hybridized carbons (Fsp3) is 0.339. The first kappa shape index (κ1) is 49.9. The van der Waals surface area contributed by atoms with Crippen molar-refractivity contribution in [1.82, 2.24) is 5.32 Å². The Hall–Kier alpha value is -7.04. The number of rotatable bonds is 17. The Bertz CT molecular complexity index is 3110. The summed E-state index contributed by atoms with van der Waals surface area (Å²) in [5.74, 6) is -0.680. The number of aliphatic imine (C=N–C) groups is 2. The molecule has 4 amide bonds. The van der Waals surface area contributed by atoms with E-state index < -0.39 is 12.0 Å². The summed E-state index contributed by atoms with van der Waals surface area (Å²) in [5, 5.41) is 5.79. The van der Waals surface area contributed by atoms with E-state index >= 15 is 0 Å². The highest BCUT2D eigenvalue weighted by Crippen LogP contribution is 2.42. The number of benzene rings is 5. The minimum atomic E-state index is -0.778. The van der Waals surface area contributed by atoms with Gasteiger partial charge < -0.3 is 24.8 Å². The van der Waals surface area contributed by atoms with Crippen LogP contribution in [-0.4, -0.2) is 78.1 Å². The lowest BCUT2D eigenvalue weighted by Gasteiger charge is -2.24. The first-order valence-corrected chi connectivity index (χ1v) is 26.7. The summed E-state index contributed by atoms with van der Waals surface area (Å²) in [6.45, 7) is 9.36. The maximum absolute atomic E-state index is 14.1. The molecule has 0 radical (unpaired) electrons. The quantitative estimate of drug-likeness (QED) is 0.0924. The van der Waals surface area contributed by atoms with E-state index in [2.05, 4.69) is 10.6 Å². The van der Waals surface area contributed by atoms with Crippen LogP contribution in [0.4, 0.5) is 28.4 Å². The van der Waals surface area contributed by atoms with E-state index in [0.717, 1.165) is 28.1 Å². The lowest BCUT2D eigenvalue weighted by Crippen LogP contribution is -2.40. The molecular formula is C56H58N6O8S2. The lowest BCUT2D eigenvalue weighted by atomic mass is 9.99. The molecule has 72 heavy (non-hydrogen) atoms. The molecule has 4 heterocycles. The van der Waals surface area contributed by atoms with Gasteiger partial charge in [0.15, 0.2) is 17.3 Å². The summed E-state index contributed by atoms with van der Waals surface area (Å²) in [4.78, 5) is 81.1. The Kier molecular flexibility index (Phi) is 14.3. The van der Waals surface area contributed by atoms with Crippen LogP contribution in [0.15, 0.2) is 101 Å². The molecule has 0 aromatic heterocycles. The second-order valence-electron chi connectivity index (χ2n) is 19.5. The van der Waals surface area contributed by atoms with Crippen molar-refractivity contribution < 1.29 is 38.2 Å². The SMILES string of the molecule is COc1cc2c(cc1OCc1cc(COc3cc4c(cc3C)C(=O)N3c5ccccc5C[C@H]3C=N4)cc(NC(=O)[C@H](C)CC(=O)[C@H](C)NC(=O)CCC(C)(C)S(C)=S)c1)N=C[C@@H]1Cc3ccccc3N1C2=O. The van der Waals surface area contributed by atoms with E-state index in [1.165, 1.54) is 7.11 Å². The van der Waals surface area contributed by atoms with E-state index in [4.69, 9.17) is 35.4 Å². The Balaban J connectivity index is 0.935. The molecule has 0 fully saturated rings. The van der Waals surface area contributed by atoms with Crippen LogP contribution < -0.4 is 34.6 Å². The summed E-state index contributed by atoms with van der Waals surface area (Å²) in [6.07, 6.45) is 7.69. The van der Waals surface area contributed by atoms with Gasteiger partial charge in [0.25, 0.3) is 11.8 Å². The molecule has 0 aliphatic carbocycles. The lowest BCUT2D eigenvalue weighted by molar-refractivity contribution is -0.129. The highest BCUT2D eigenvalue weighted by Gasteiger charge is 2.38. The van der Waals surface area contributed by atoms with Gasteiger partial charge in [-0.05, 0) is 96.8 Å². The molecule has 9 rings (SSSR count). The van der Waals surface area contributed by atoms with E-state index in [9.17, 15) is 24.0 Å². The number of nitrogens with one attached hydrogen (secondary N) is 2. The molecule has 5 atom stereocenters. The molecule has 0 saturated heterocycles. The number of ketones is 1. The van der Waals surface area contributed by atoms with Gasteiger partial charge in [0.2, 0.25) is 11.8 Å². The number of Topliss-reactive ketones (excluding diaryl/α,β-unsaturated/α-hetero) is 1. The number of anilines is 3. The number of fused-ring (bicyclic) bond motifs is 8. The van der Waals surface area contributed by atoms with Gasteiger partial charge in [-0.3, -0.25) is 43.8 Å². The van der Waals surface area contributed by atoms with Crippen LogP contribution in [-0.2, 0) is 61.1 Å². The molecule has 0 bridgehead atoms. The van der Waals surface area contributed by atoms with Crippen molar-refractivity contribution in [2.45, 2.75) is 103 Å². The topological polar surface area (TPSA) is 168 Å². The first-order valence-electron chi connectivity index (χ1n) is 24.1. The van der Waals surface area contributed by atoms with Crippen molar-refractivity contribution in [2.75, 3.05) is 28.5 Å². The number of carbonyl (C=O) groups excluding carboxylic acids is 5. The Morgan fingerprint density at radius 3 is 1.89 bits per heavy atom. The zero-order valence-electron chi connectivity index (χ0n) is 41.4. The van der Waals surface area contributed by atoms with Crippen LogP contribution in [0.1, 0.15) is 95.5 Å². The molecule has 0 saturated carbocycles. The smallest absolute Gasteiger partial charge is 0.261 e. The third-order valence-electron chi connectivity index (χ3n) is 13.9. The van der Waals surface area contributed by atoms with Crippen LogP contribution in [0.3, 0.4) is 0 Å². The maximum Gasteiger partial charge on any atom is 0.261 e. The Labute approximate surface area is 426 Å². The summed E-state index contributed by atoms with van der Waals surface area (Å²) in [5.41, 5.74) is 8.33. The van der Waals surface area contributed by atoms with Gasteiger partial charge in [0, 0.05) is 78.0 Å². The predicted octanol–water partition coefficient (Wildman–Crippen LogP) is 9.04. The van der Waals surface area contributed by atoms with Crippen LogP contribution in [0, 0.1) is 12.8 Å². The van der Waals surface area contributed by atoms with E-state index in [-0.39, 0.29) is 81.8 Å². The molecule has 372 valence electrons. The highest BCUT2D eigenvalue weighted by molar-refractivity contribution is 8.29. The summed E-state index contributed by atoms with van der Waals surface area (Å²) in [6, 6.07) is 27.0. The van der Waals surface area contributed by atoms with Crippen molar-refractivity contribution in [2.24, 2.45) is 15.9 Å². The monoisotopic (exact) mass is 1010 g/mol. The van der Waals surface area contributed by atoms with Crippen molar-refractivity contribution in [3.63, 3.8) is 0 Å². The normalized spacial score (nSPS) is 17.5. The molecular weight excluding hydrogens is 949 g/mol.